The molecule has 4 nitrogen and oxygen atoms in total. The summed E-state index contributed by atoms with van der Waals surface area (Å²) < 4.78 is 4.82. The van der Waals surface area contributed by atoms with Gasteiger partial charge in [0.25, 0.3) is 0 Å². The van der Waals surface area contributed by atoms with Crippen LogP contribution in [-0.4, -0.2) is 50.2 Å². The monoisotopic (exact) mass is 258 g/mol. The predicted octanol–water partition coefficient (Wildman–Crippen LogP) is 2.04. The van der Waals surface area contributed by atoms with E-state index in [4.69, 9.17) is 4.74 Å². The number of carbonyl (C=O) groups excluding carboxylic acids is 1. The molecule has 0 aliphatic heterocycles. The van der Waals surface area contributed by atoms with Crippen LogP contribution in [0.15, 0.2) is 0 Å². The van der Waals surface area contributed by atoms with Crippen LogP contribution in [0.4, 0.5) is 0 Å². The van der Waals surface area contributed by atoms with Crippen molar-refractivity contribution >= 4 is 5.97 Å². The van der Waals surface area contributed by atoms with Gasteiger partial charge in [-0.15, -0.1) is 0 Å². The van der Waals surface area contributed by atoms with Crippen LogP contribution in [0.1, 0.15) is 46.5 Å². The van der Waals surface area contributed by atoms with Crippen LogP contribution in [0.5, 0.6) is 0 Å². The number of unbranched alkanes of at least 4 members (excludes halogenated alkanes) is 1. The van der Waals surface area contributed by atoms with Crippen molar-refractivity contribution in [1.82, 2.24) is 10.2 Å². The van der Waals surface area contributed by atoms with Gasteiger partial charge in [0.15, 0.2) is 0 Å². The van der Waals surface area contributed by atoms with Gasteiger partial charge in [-0.2, -0.15) is 0 Å². The molecule has 0 rings (SSSR count). The lowest BCUT2D eigenvalue weighted by Crippen LogP contribution is -2.39. The molecule has 0 aromatic rings. The normalized spacial score (nSPS) is 12.7. The van der Waals surface area contributed by atoms with E-state index in [-0.39, 0.29) is 12.0 Å². The molecular weight excluding hydrogens is 228 g/mol. The zero-order chi connectivity index (χ0) is 13.8. The fraction of sp³-hybridized carbons (Fsp3) is 0.929. The number of methoxy groups -OCH3 is 1. The van der Waals surface area contributed by atoms with Crippen molar-refractivity contribution in [2.45, 2.75) is 52.5 Å². The Balaban J connectivity index is 3.84. The molecule has 0 spiro atoms. The highest BCUT2D eigenvalue weighted by Crippen LogP contribution is 2.02. The molecule has 0 radical (unpaired) electrons. The van der Waals surface area contributed by atoms with Gasteiger partial charge in [-0.25, -0.2) is 0 Å². The highest BCUT2D eigenvalue weighted by molar-refractivity contribution is 5.75. The number of nitrogens with zero attached hydrogens (tertiary/aromatic N) is 1. The number of rotatable bonds is 11. The van der Waals surface area contributed by atoms with Gasteiger partial charge in [0.2, 0.25) is 0 Å². The van der Waals surface area contributed by atoms with Gasteiger partial charge in [-0.1, -0.05) is 33.6 Å². The Labute approximate surface area is 112 Å². The predicted molar refractivity (Wildman–Crippen MR) is 75.7 cm³/mol. The minimum absolute atomic E-state index is 0.133. The van der Waals surface area contributed by atoms with Crippen LogP contribution in [0.2, 0.25) is 0 Å². The Morgan fingerprint density at radius 3 is 2.39 bits per heavy atom. The van der Waals surface area contributed by atoms with E-state index in [0.29, 0.717) is 0 Å². The molecule has 18 heavy (non-hydrogen) atoms. The molecule has 0 saturated heterocycles. The van der Waals surface area contributed by atoms with Crippen LogP contribution in [-0.2, 0) is 9.53 Å². The first kappa shape index (κ1) is 17.4. The second-order valence-corrected chi connectivity index (χ2v) is 4.55. The molecule has 1 unspecified atom stereocenters. The molecule has 0 aromatic carbocycles. The Morgan fingerprint density at radius 1 is 1.22 bits per heavy atom. The Kier molecular flexibility index (Phi) is 11.1. The van der Waals surface area contributed by atoms with E-state index in [2.05, 4.69) is 31.0 Å². The Bertz CT molecular complexity index is 206. The summed E-state index contributed by atoms with van der Waals surface area (Å²) in [6.07, 6.45) is 4.10. The van der Waals surface area contributed by atoms with Gasteiger partial charge in [0, 0.05) is 0 Å². The van der Waals surface area contributed by atoms with E-state index in [1.165, 1.54) is 7.11 Å². The third kappa shape index (κ3) is 7.67. The summed E-state index contributed by atoms with van der Waals surface area (Å²) in [6.45, 7) is 10.6. The zero-order valence-electron chi connectivity index (χ0n) is 12.5. The summed E-state index contributed by atoms with van der Waals surface area (Å²) in [5.41, 5.74) is 0. The third-order valence-corrected chi connectivity index (χ3v) is 3.27. The van der Waals surface area contributed by atoms with Crippen LogP contribution >= 0.6 is 0 Å². The average Bonchev–Trinajstić information content (AvgIpc) is 2.41. The number of nitrogens with one attached hydrogen (secondary N) is 1. The van der Waals surface area contributed by atoms with Crippen molar-refractivity contribution < 1.29 is 9.53 Å². The van der Waals surface area contributed by atoms with Crippen molar-refractivity contribution in [3.8, 4) is 0 Å². The number of hydrogen-bond donors (Lipinski definition) is 1. The quantitative estimate of drug-likeness (QED) is 0.455. The summed E-state index contributed by atoms with van der Waals surface area (Å²) in [5, 5.41) is 3.31. The van der Waals surface area contributed by atoms with Crippen molar-refractivity contribution in [3.05, 3.63) is 0 Å². The van der Waals surface area contributed by atoms with Crippen LogP contribution in [0.3, 0.4) is 0 Å². The van der Waals surface area contributed by atoms with Gasteiger partial charge >= 0.3 is 5.97 Å². The van der Waals surface area contributed by atoms with Crippen molar-refractivity contribution in [2.24, 2.45) is 0 Å². The maximum absolute atomic E-state index is 11.6. The molecule has 0 aliphatic rings. The minimum Gasteiger partial charge on any atom is -0.468 e. The van der Waals surface area contributed by atoms with Gasteiger partial charge < -0.3 is 15.0 Å². The van der Waals surface area contributed by atoms with E-state index < -0.39 is 0 Å². The highest BCUT2D eigenvalue weighted by Gasteiger charge is 2.17. The lowest BCUT2D eigenvalue weighted by molar-refractivity contribution is -0.143. The largest absolute Gasteiger partial charge is 0.468 e. The van der Waals surface area contributed by atoms with Crippen molar-refractivity contribution in [1.29, 1.82) is 0 Å². The zero-order valence-corrected chi connectivity index (χ0v) is 12.5. The molecule has 1 N–H and O–H groups in total. The summed E-state index contributed by atoms with van der Waals surface area (Å²) >= 11 is 0. The maximum atomic E-state index is 11.6. The van der Waals surface area contributed by atoms with Crippen LogP contribution < -0.4 is 5.32 Å². The molecule has 0 fully saturated rings. The minimum atomic E-state index is -0.133. The van der Waals surface area contributed by atoms with E-state index in [1.54, 1.807) is 0 Å². The van der Waals surface area contributed by atoms with Crippen LogP contribution in [0, 0.1) is 0 Å². The van der Waals surface area contributed by atoms with Gasteiger partial charge in [-0.3, -0.25) is 4.79 Å². The molecule has 0 heterocycles. The first-order valence-corrected chi connectivity index (χ1v) is 7.23. The highest BCUT2D eigenvalue weighted by atomic mass is 16.5. The Morgan fingerprint density at radius 2 is 1.89 bits per heavy atom. The van der Waals surface area contributed by atoms with Crippen molar-refractivity contribution in [3.63, 3.8) is 0 Å². The molecule has 0 amide bonds. The number of esters is 1. The second kappa shape index (κ2) is 11.5. The average molecular weight is 258 g/mol. The molecule has 108 valence electrons. The molecule has 1 atom stereocenters. The molecule has 0 aromatic heterocycles. The number of ether oxygens (including phenoxy) is 1. The van der Waals surface area contributed by atoms with Crippen molar-refractivity contribution in [2.75, 3.05) is 33.3 Å². The lowest BCUT2D eigenvalue weighted by Gasteiger charge is -2.20. The molecule has 0 aliphatic carbocycles. The molecular formula is C14H30N2O2. The number of hydrogen-bond acceptors (Lipinski definition) is 4. The lowest BCUT2D eigenvalue weighted by atomic mass is 10.1. The summed E-state index contributed by atoms with van der Waals surface area (Å²) in [4.78, 5) is 14.0. The van der Waals surface area contributed by atoms with E-state index in [9.17, 15) is 4.79 Å². The topological polar surface area (TPSA) is 41.6 Å². The maximum Gasteiger partial charge on any atom is 0.322 e. The third-order valence-electron chi connectivity index (χ3n) is 3.27. The van der Waals surface area contributed by atoms with Gasteiger partial charge in [0.1, 0.15) is 6.04 Å². The SMILES string of the molecule is CCCCC(NCCCN(CC)CC)C(=O)OC. The molecule has 0 saturated carbocycles. The summed E-state index contributed by atoms with van der Waals surface area (Å²) in [7, 11) is 1.46. The molecule has 0 bridgehead atoms. The first-order valence-electron chi connectivity index (χ1n) is 7.23. The standard InChI is InChI=1S/C14H30N2O2/c1-5-8-10-13(14(17)18-4)15-11-9-12-16(6-2)7-3/h13,15H,5-12H2,1-4H3. The second-order valence-electron chi connectivity index (χ2n) is 4.55. The Hall–Kier alpha value is -0.610. The fourth-order valence-corrected chi connectivity index (χ4v) is 1.97. The summed E-state index contributed by atoms with van der Waals surface area (Å²) in [5.74, 6) is -0.133. The summed E-state index contributed by atoms with van der Waals surface area (Å²) in [6, 6.07) is -0.133. The number of carbonyl (C=O) groups is 1. The van der Waals surface area contributed by atoms with E-state index >= 15 is 0 Å². The van der Waals surface area contributed by atoms with Gasteiger partial charge in [-0.05, 0) is 39.0 Å². The van der Waals surface area contributed by atoms with E-state index in [0.717, 1.165) is 51.9 Å². The van der Waals surface area contributed by atoms with E-state index in [1.807, 2.05) is 0 Å². The van der Waals surface area contributed by atoms with Crippen LogP contribution in [0.25, 0.3) is 0 Å². The first-order chi connectivity index (χ1) is 8.69. The fourth-order valence-electron chi connectivity index (χ4n) is 1.97. The smallest absolute Gasteiger partial charge is 0.322 e. The van der Waals surface area contributed by atoms with Gasteiger partial charge in [0.05, 0.1) is 7.11 Å². The molecule has 4 heteroatoms.